The van der Waals surface area contributed by atoms with Crippen molar-refractivity contribution < 1.29 is 64.6 Å². The molecule has 12 atom stereocenters. The lowest BCUT2D eigenvalue weighted by Crippen LogP contribution is -2.65. The summed E-state index contributed by atoms with van der Waals surface area (Å²) in [7, 11) is 0. The third kappa shape index (κ3) is 32.5. The van der Waals surface area contributed by atoms with Crippen LogP contribution in [0.3, 0.4) is 0 Å². The highest BCUT2D eigenvalue weighted by molar-refractivity contribution is 5.76. The molecule has 0 aromatic rings. The molecule has 2 rings (SSSR count). The van der Waals surface area contributed by atoms with Crippen molar-refractivity contribution in [1.29, 1.82) is 0 Å². The largest absolute Gasteiger partial charge is 0.394 e. The van der Waals surface area contributed by atoms with Crippen molar-refractivity contribution in [2.75, 3.05) is 19.8 Å². The van der Waals surface area contributed by atoms with Gasteiger partial charge in [0.2, 0.25) is 5.91 Å². The van der Waals surface area contributed by atoms with Crippen LogP contribution in [0.2, 0.25) is 0 Å². The fourth-order valence-electron chi connectivity index (χ4n) is 8.16. The molecule has 0 aromatic carbocycles. The smallest absolute Gasteiger partial charge is 0.220 e. The third-order valence-electron chi connectivity index (χ3n) is 12.8. The van der Waals surface area contributed by atoms with Crippen molar-refractivity contribution in [3.05, 3.63) is 146 Å². The maximum Gasteiger partial charge on any atom is 0.220 e. The first-order valence-corrected chi connectivity index (χ1v) is 28.6. The standard InChI is InChI=1S/C63H99NO13/c1-3-5-7-9-10-11-12-13-14-15-16-17-18-19-20-21-22-23-24-25-26-27-28-29-30-31-32-33-34-35-36-37-38-39-40-41-42-43-45-47-55(68)64-51(52(67)46-44-8-6-4-2)50-74-62-60(73)58(71)61(54(49-66)76-62)77-63-59(72)57(70)56(69)53(48-65)75-63/h5,7,10-11,13-14,16-17,19-20,22-23,25-26,28-29,31-32,34-35,37-38,44,46,51-54,56-63,65-67,69-73H,3-4,6,8-9,12,15,18,21,24,27,30,33,36,39-43,45,47-50H2,1-2H3,(H,64,68)/b7-5-,11-10-,14-13-,17-16-,20-19-,23-22-,26-25-,29-28-,32-31-,35-34-,38-37-,46-44+. The Bertz CT molecular complexity index is 1840. The van der Waals surface area contributed by atoms with E-state index in [2.05, 4.69) is 153 Å². The Hall–Kier alpha value is -4.13. The van der Waals surface area contributed by atoms with Gasteiger partial charge in [-0.3, -0.25) is 4.79 Å². The molecule has 77 heavy (non-hydrogen) atoms. The number of ether oxygens (including phenoxy) is 4. The number of unbranched alkanes of at least 4 members (excludes halogenated alkanes) is 7. The van der Waals surface area contributed by atoms with Gasteiger partial charge in [-0.25, -0.2) is 0 Å². The minimum atomic E-state index is -1.79. The van der Waals surface area contributed by atoms with Crippen LogP contribution in [0.5, 0.6) is 0 Å². The van der Waals surface area contributed by atoms with Crippen LogP contribution >= 0.6 is 0 Å². The normalized spacial score (nSPS) is 25.8. The molecule has 14 heteroatoms. The highest BCUT2D eigenvalue weighted by Gasteiger charge is 2.51. The maximum absolute atomic E-state index is 13.1. The van der Waals surface area contributed by atoms with Crippen LogP contribution in [0.25, 0.3) is 0 Å². The van der Waals surface area contributed by atoms with Crippen LogP contribution in [0, 0.1) is 0 Å². The number of aliphatic hydroxyl groups excluding tert-OH is 8. The average Bonchev–Trinajstić information content (AvgIpc) is 3.43. The molecule has 1 amide bonds. The summed E-state index contributed by atoms with van der Waals surface area (Å²) < 4.78 is 22.5. The van der Waals surface area contributed by atoms with E-state index in [4.69, 9.17) is 18.9 Å². The van der Waals surface area contributed by atoms with Gasteiger partial charge in [-0.2, -0.15) is 0 Å². The fraction of sp³-hybridized carbons (Fsp3) is 0.603. The summed E-state index contributed by atoms with van der Waals surface area (Å²) in [6.07, 6.45) is 54.2. The summed E-state index contributed by atoms with van der Waals surface area (Å²) >= 11 is 0. The highest BCUT2D eigenvalue weighted by atomic mass is 16.7. The minimum Gasteiger partial charge on any atom is -0.394 e. The first-order chi connectivity index (χ1) is 37.6. The lowest BCUT2D eigenvalue weighted by molar-refractivity contribution is -0.359. The predicted octanol–water partition coefficient (Wildman–Crippen LogP) is 9.38. The van der Waals surface area contributed by atoms with Crippen LogP contribution in [-0.4, -0.2) is 140 Å². The van der Waals surface area contributed by atoms with E-state index in [1.807, 2.05) is 6.08 Å². The van der Waals surface area contributed by atoms with Crippen molar-refractivity contribution in [2.24, 2.45) is 0 Å². The Kier molecular flexibility index (Phi) is 41.9. The molecule has 2 heterocycles. The number of hydrogen-bond donors (Lipinski definition) is 9. The molecule has 0 spiro atoms. The third-order valence-corrected chi connectivity index (χ3v) is 12.8. The van der Waals surface area contributed by atoms with E-state index < -0.39 is 86.8 Å². The molecule has 2 aliphatic rings. The Balaban J connectivity index is 1.56. The van der Waals surface area contributed by atoms with E-state index in [1.165, 1.54) is 0 Å². The number of carbonyl (C=O) groups excluding carboxylic acids is 1. The average molecular weight is 1080 g/mol. The molecule has 2 aliphatic heterocycles. The summed E-state index contributed by atoms with van der Waals surface area (Å²) in [6.45, 7) is 2.45. The lowest BCUT2D eigenvalue weighted by Gasteiger charge is -2.46. The van der Waals surface area contributed by atoms with Crippen LogP contribution in [0.1, 0.15) is 149 Å². The van der Waals surface area contributed by atoms with Gasteiger partial charge in [-0.15, -0.1) is 0 Å². The molecule has 0 aliphatic carbocycles. The number of nitrogens with one attached hydrogen (secondary N) is 1. The van der Waals surface area contributed by atoms with Gasteiger partial charge in [0.15, 0.2) is 12.6 Å². The number of carbonyl (C=O) groups is 1. The molecule has 2 saturated heterocycles. The summed E-state index contributed by atoms with van der Waals surface area (Å²) in [6, 6.07) is -0.931. The predicted molar refractivity (Wildman–Crippen MR) is 308 cm³/mol. The molecule has 434 valence electrons. The monoisotopic (exact) mass is 1080 g/mol. The van der Waals surface area contributed by atoms with Crippen molar-refractivity contribution in [3.63, 3.8) is 0 Å². The van der Waals surface area contributed by atoms with E-state index in [1.54, 1.807) is 6.08 Å². The van der Waals surface area contributed by atoms with Gasteiger partial charge in [-0.1, -0.05) is 192 Å². The van der Waals surface area contributed by atoms with Gasteiger partial charge in [0.05, 0.1) is 32.0 Å². The lowest BCUT2D eigenvalue weighted by atomic mass is 9.97. The Morgan fingerprint density at radius 1 is 0.481 bits per heavy atom. The molecule has 2 fully saturated rings. The Morgan fingerprint density at radius 2 is 0.896 bits per heavy atom. The van der Waals surface area contributed by atoms with Crippen LogP contribution in [0.15, 0.2) is 146 Å². The quantitative estimate of drug-likeness (QED) is 0.0205. The van der Waals surface area contributed by atoms with Crippen molar-refractivity contribution in [2.45, 2.75) is 222 Å². The van der Waals surface area contributed by atoms with Crippen LogP contribution in [0.4, 0.5) is 0 Å². The number of hydrogen-bond acceptors (Lipinski definition) is 13. The van der Waals surface area contributed by atoms with Gasteiger partial charge in [0.1, 0.15) is 48.8 Å². The summed E-state index contributed by atoms with van der Waals surface area (Å²) in [5, 5.41) is 86.1. The second kappa shape index (κ2) is 46.8. The summed E-state index contributed by atoms with van der Waals surface area (Å²) in [4.78, 5) is 13.1. The molecule has 9 N–H and O–H groups in total. The topological polar surface area (TPSA) is 228 Å². The number of amides is 1. The van der Waals surface area contributed by atoms with Gasteiger partial charge in [0.25, 0.3) is 0 Å². The Morgan fingerprint density at radius 3 is 1.36 bits per heavy atom. The molecule has 14 nitrogen and oxygen atoms in total. The molecule has 0 bridgehead atoms. The van der Waals surface area contributed by atoms with Gasteiger partial charge >= 0.3 is 0 Å². The molecular formula is C63H99NO13. The van der Waals surface area contributed by atoms with Crippen LogP contribution < -0.4 is 5.32 Å². The summed E-state index contributed by atoms with van der Waals surface area (Å²) in [5.41, 5.74) is 0. The number of rotatable bonds is 42. The first-order valence-electron chi connectivity index (χ1n) is 28.6. The zero-order chi connectivity index (χ0) is 56.0. The number of aliphatic hydroxyl groups is 8. The van der Waals surface area contributed by atoms with Gasteiger partial charge in [0, 0.05) is 6.42 Å². The zero-order valence-electron chi connectivity index (χ0n) is 46.4. The summed E-state index contributed by atoms with van der Waals surface area (Å²) in [5.74, 6) is -0.276. The van der Waals surface area contributed by atoms with Crippen LogP contribution in [-0.2, 0) is 23.7 Å². The van der Waals surface area contributed by atoms with E-state index in [0.717, 1.165) is 122 Å². The molecule has 0 radical (unpaired) electrons. The van der Waals surface area contributed by atoms with Crippen molar-refractivity contribution >= 4 is 5.91 Å². The van der Waals surface area contributed by atoms with E-state index in [0.29, 0.717) is 6.42 Å². The van der Waals surface area contributed by atoms with Crippen molar-refractivity contribution in [1.82, 2.24) is 5.32 Å². The van der Waals surface area contributed by atoms with E-state index in [9.17, 15) is 45.6 Å². The second-order valence-corrected chi connectivity index (χ2v) is 19.3. The molecule has 0 saturated carbocycles. The Labute approximate surface area is 462 Å². The van der Waals surface area contributed by atoms with Gasteiger partial charge < -0.3 is 65.1 Å². The maximum atomic E-state index is 13.1. The minimum absolute atomic E-state index is 0.246. The zero-order valence-corrected chi connectivity index (χ0v) is 46.4. The van der Waals surface area contributed by atoms with E-state index in [-0.39, 0.29) is 18.9 Å². The van der Waals surface area contributed by atoms with E-state index >= 15 is 0 Å². The fourth-order valence-corrected chi connectivity index (χ4v) is 8.16. The molecular weight excluding hydrogens is 979 g/mol. The number of allylic oxidation sites excluding steroid dienone is 23. The SMILES string of the molecule is CC/C=C\C/C=C\C/C=C\C/C=C\C/C=C\C/C=C\C/C=C\C/C=C\C/C=C\C/C=C\C/C=C\CCCCCCCC(=O)NC(COC1OC(CO)C(OC2OC(CO)C(O)C(O)C2O)C(O)C1O)C(O)/C=C/CCCC. The van der Waals surface area contributed by atoms with Crippen molar-refractivity contribution in [3.8, 4) is 0 Å². The first kappa shape index (κ1) is 69.0. The second-order valence-electron chi connectivity index (χ2n) is 19.3. The highest BCUT2D eigenvalue weighted by Crippen LogP contribution is 2.30. The molecule has 0 aromatic heterocycles. The molecule has 12 unspecified atom stereocenters. The van der Waals surface area contributed by atoms with Gasteiger partial charge in [-0.05, 0) is 96.3 Å².